The van der Waals surface area contributed by atoms with Crippen molar-refractivity contribution in [3.63, 3.8) is 0 Å². The lowest BCUT2D eigenvalue weighted by molar-refractivity contribution is 0.540. The third-order valence-electron chi connectivity index (χ3n) is 3.37. The van der Waals surface area contributed by atoms with Crippen LogP contribution in [0.25, 0.3) is 0 Å². The first-order valence-corrected chi connectivity index (χ1v) is 8.98. The number of benzene rings is 1. The summed E-state index contributed by atoms with van der Waals surface area (Å²) in [7, 11) is -3.86. The van der Waals surface area contributed by atoms with Crippen LogP contribution in [0.1, 0.15) is 31.7 Å². The van der Waals surface area contributed by atoms with Crippen LogP contribution < -0.4 is 10.0 Å². The minimum atomic E-state index is -3.86. The molecule has 4 nitrogen and oxygen atoms in total. The summed E-state index contributed by atoms with van der Waals surface area (Å²) in [6.45, 7) is 3.34. The highest BCUT2D eigenvalue weighted by Crippen LogP contribution is 2.29. The summed E-state index contributed by atoms with van der Waals surface area (Å²) >= 11 is 5.93. The Morgan fingerprint density at radius 2 is 2.10 bits per heavy atom. The Morgan fingerprint density at radius 1 is 1.38 bits per heavy atom. The molecule has 2 N–H and O–H groups in total. The van der Waals surface area contributed by atoms with Gasteiger partial charge in [0, 0.05) is 23.7 Å². The van der Waals surface area contributed by atoms with Gasteiger partial charge in [0.25, 0.3) is 0 Å². The van der Waals surface area contributed by atoms with Crippen molar-refractivity contribution in [1.29, 1.82) is 0 Å². The van der Waals surface area contributed by atoms with E-state index >= 15 is 0 Å². The lowest BCUT2D eigenvalue weighted by atomic mass is 10.2. The summed E-state index contributed by atoms with van der Waals surface area (Å²) in [5.41, 5.74) is 0.266. The van der Waals surface area contributed by atoms with Crippen molar-refractivity contribution in [1.82, 2.24) is 10.0 Å². The molecular weight excluding hydrogens is 315 g/mol. The van der Waals surface area contributed by atoms with Crippen LogP contribution in [-0.4, -0.2) is 21.5 Å². The normalized spacial score (nSPS) is 15.4. The van der Waals surface area contributed by atoms with Gasteiger partial charge in [-0.05, 0) is 43.9 Å². The fourth-order valence-electron chi connectivity index (χ4n) is 1.97. The summed E-state index contributed by atoms with van der Waals surface area (Å²) in [5, 5.41) is 3.26. The molecule has 0 spiro atoms. The highest BCUT2D eigenvalue weighted by Gasteiger charge is 2.27. The second-order valence-corrected chi connectivity index (χ2v) is 7.52. The number of hydrogen-bond donors (Lipinski definition) is 2. The van der Waals surface area contributed by atoms with Crippen molar-refractivity contribution in [2.45, 2.75) is 37.6 Å². The zero-order valence-electron chi connectivity index (χ0n) is 12.0. The molecule has 1 saturated carbocycles. The molecule has 0 amide bonds. The molecule has 0 atom stereocenters. The zero-order valence-corrected chi connectivity index (χ0v) is 13.5. The lowest BCUT2D eigenvalue weighted by Gasteiger charge is -2.12. The first-order chi connectivity index (χ1) is 9.94. The Labute approximate surface area is 130 Å². The number of sulfonamides is 1. The smallest absolute Gasteiger partial charge is 0.243 e. The summed E-state index contributed by atoms with van der Waals surface area (Å²) < 4.78 is 41.2. The van der Waals surface area contributed by atoms with Crippen molar-refractivity contribution in [2.24, 2.45) is 5.92 Å². The Morgan fingerprint density at radius 3 is 2.71 bits per heavy atom. The maximum atomic E-state index is 14.4. The topological polar surface area (TPSA) is 58.2 Å². The van der Waals surface area contributed by atoms with Crippen LogP contribution in [0.2, 0.25) is 5.02 Å². The van der Waals surface area contributed by atoms with E-state index in [4.69, 9.17) is 11.6 Å². The largest absolute Gasteiger partial charge is 0.313 e. The van der Waals surface area contributed by atoms with Gasteiger partial charge in [0.05, 0.1) is 0 Å². The summed E-state index contributed by atoms with van der Waals surface area (Å²) in [4.78, 5) is -0.371. The molecule has 0 aliphatic heterocycles. The zero-order chi connectivity index (χ0) is 15.5. The average molecular weight is 335 g/mol. The molecule has 118 valence electrons. The van der Waals surface area contributed by atoms with E-state index in [0.29, 0.717) is 12.5 Å². The maximum Gasteiger partial charge on any atom is 0.243 e. The molecule has 1 fully saturated rings. The van der Waals surface area contributed by atoms with Gasteiger partial charge in [0.15, 0.2) is 0 Å². The lowest BCUT2D eigenvalue weighted by Crippen LogP contribution is -2.27. The van der Waals surface area contributed by atoms with Crippen LogP contribution in [0.4, 0.5) is 4.39 Å². The van der Waals surface area contributed by atoms with E-state index in [-0.39, 0.29) is 22.0 Å². The average Bonchev–Trinajstić information content (AvgIpc) is 3.24. The van der Waals surface area contributed by atoms with Gasteiger partial charge in [-0.15, -0.1) is 0 Å². The van der Waals surface area contributed by atoms with E-state index in [2.05, 4.69) is 10.0 Å². The molecule has 21 heavy (non-hydrogen) atoms. The Balaban J connectivity index is 2.20. The molecule has 0 saturated heterocycles. The van der Waals surface area contributed by atoms with E-state index in [1.807, 2.05) is 6.92 Å². The second-order valence-electron chi connectivity index (χ2n) is 5.35. The minimum Gasteiger partial charge on any atom is -0.313 e. The monoisotopic (exact) mass is 334 g/mol. The first kappa shape index (κ1) is 16.7. The fourth-order valence-corrected chi connectivity index (χ4v) is 3.53. The standard InChI is InChI=1S/C14H20ClFN2O2S/c1-2-5-17-9-11-6-12(15)7-13(14(11)16)21(19,20)18-8-10-3-4-10/h6-7,10,17-18H,2-5,8-9H2,1H3. The molecule has 1 aromatic carbocycles. The molecule has 0 bridgehead atoms. The van der Waals surface area contributed by atoms with Crippen LogP contribution in [0, 0.1) is 11.7 Å². The summed E-state index contributed by atoms with van der Waals surface area (Å²) in [6.07, 6.45) is 2.95. The van der Waals surface area contributed by atoms with Crippen LogP contribution in [0.15, 0.2) is 17.0 Å². The van der Waals surface area contributed by atoms with Crippen molar-refractivity contribution in [3.05, 3.63) is 28.5 Å². The van der Waals surface area contributed by atoms with Gasteiger partial charge in [0.2, 0.25) is 10.0 Å². The quantitative estimate of drug-likeness (QED) is 0.719. The molecule has 2 rings (SSSR count). The van der Waals surface area contributed by atoms with Crippen molar-refractivity contribution in [3.8, 4) is 0 Å². The molecule has 1 aliphatic carbocycles. The highest BCUT2D eigenvalue weighted by molar-refractivity contribution is 7.89. The summed E-state index contributed by atoms with van der Waals surface area (Å²) in [5.74, 6) is -0.348. The number of halogens is 2. The van der Waals surface area contributed by atoms with E-state index in [9.17, 15) is 12.8 Å². The molecule has 1 aliphatic rings. The van der Waals surface area contributed by atoms with Gasteiger partial charge in [-0.1, -0.05) is 18.5 Å². The van der Waals surface area contributed by atoms with Crippen LogP contribution in [0.3, 0.4) is 0 Å². The molecule has 1 aromatic rings. The molecule has 0 unspecified atom stereocenters. The van der Waals surface area contributed by atoms with Gasteiger partial charge in [0.1, 0.15) is 10.7 Å². The van der Waals surface area contributed by atoms with Crippen molar-refractivity contribution < 1.29 is 12.8 Å². The van der Waals surface area contributed by atoms with Crippen LogP contribution in [-0.2, 0) is 16.6 Å². The van der Waals surface area contributed by atoms with Gasteiger partial charge in [-0.2, -0.15) is 0 Å². The third kappa shape index (κ3) is 4.64. The van der Waals surface area contributed by atoms with Crippen molar-refractivity contribution in [2.75, 3.05) is 13.1 Å². The van der Waals surface area contributed by atoms with Gasteiger partial charge in [-0.3, -0.25) is 0 Å². The fraction of sp³-hybridized carbons (Fsp3) is 0.571. The Bertz CT molecular complexity index is 603. The van der Waals surface area contributed by atoms with E-state index in [1.54, 1.807) is 0 Å². The van der Waals surface area contributed by atoms with Crippen LogP contribution >= 0.6 is 11.6 Å². The number of rotatable bonds is 8. The van der Waals surface area contributed by atoms with Crippen molar-refractivity contribution >= 4 is 21.6 Å². The van der Waals surface area contributed by atoms with Gasteiger partial charge >= 0.3 is 0 Å². The van der Waals surface area contributed by atoms with E-state index in [1.165, 1.54) is 6.07 Å². The highest BCUT2D eigenvalue weighted by atomic mass is 35.5. The Kier molecular flexibility index (Phi) is 5.60. The van der Waals surface area contributed by atoms with E-state index < -0.39 is 15.8 Å². The molecular formula is C14H20ClFN2O2S. The Hall–Kier alpha value is -0.690. The SMILES string of the molecule is CCCNCc1cc(Cl)cc(S(=O)(=O)NCC2CC2)c1F. The summed E-state index contributed by atoms with van der Waals surface area (Å²) in [6, 6.07) is 2.62. The van der Waals surface area contributed by atoms with Gasteiger partial charge in [-0.25, -0.2) is 17.5 Å². The molecule has 0 aromatic heterocycles. The maximum absolute atomic E-state index is 14.4. The molecule has 0 radical (unpaired) electrons. The van der Waals surface area contributed by atoms with Crippen LogP contribution in [0.5, 0.6) is 0 Å². The molecule has 0 heterocycles. The first-order valence-electron chi connectivity index (χ1n) is 7.12. The number of nitrogens with one attached hydrogen (secondary N) is 2. The third-order valence-corrected chi connectivity index (χ3v) is 5.01. The van der Waals surface area contributed by atoms with Gasteiger partial charge < -0.3 is 5.32 Å². The van der Waals surface area contributed by atoms with E-state index in [0.717, 1.165) is 31.9 Å². The number of hydrogen-bond acceptors (Lipinski definition) is 3. The predicted molar refractivity (Wildman–Crippen MR) is 81.3 cm³/mol. The minimum absolute atomic E-state index is 0.219. The molecule has 7 heteroatoms. The second kappa shape index (κ2) is 7.05. The predicted octanol–water partition coefficient (Wildman–Crippen LogP) is 2.67.